The van der Waals surface area contributed by atoms with Gasteiger partial charge in [0, 0.05) is 62.5 Å². The fourth-order valence-corrected chi connectivity index (χ4v) is 7.16. The van der Waals surface area contributed by atoms with Gasteiger partial charge in [0.2, 0.25) is 11.8 Å². The second kappa shape index (κ2) is 11.3. The fourth-order valence-electron chi connectivity index (χ4n) is 7.16. The molecule has 0 radical (unpaired) electrons. The summed E-state index contributed by atoms with van der Waals surface area (Å²) >= 11 is 0. The largest absolute Gasteiger partial charge is 0.385 e. The molecule has 4 amide bonds. The van der Waals surface area contributed by atoms with E-state index in [-0.39, 0.29) is 29.9 Å². The molecule has 5 aliphatic rings. The van der Waals surface area contributed by atoms with E-state index in [4.69, 9.17) is 10.1 Å². The molecule has 46 heavy (non-hydrogen) atoms. The summed E-state index contributed by atoms with van der Waals surface area (Å²) in [5, 5.41) is 10.8. The summed E-state index contributed by atoms with van der Waals surface area (Å²) in [6.07, 6.45) is 6.80. The lowest BCUT2D eigenvalue weighted by atomic mass is 9.80. The average Bonchev–Trinajstić information content (AvgIpc) is 3.74. The van der Waals surface area contributed by atoms with Crippen molar-refractivity contribution in [1.82, 2.24) is 29.9 Å². The number of aromatic nitrogens is 3. The van der Waals surface area contributed by atoms with Crippen LogP contribution in [0.15, 0.2) is 42.6 Å². The molecule has 4 fully saturated rings. The van der Waals surface area contributed by atoms with Crippen LogP contribution in [-0.2, 0) is 9.59 Å². The smallest absolute Gasteiger partial charge is 0.262 e. The van der Waals surface area contributed by atoms with Gasteiger partial charge in [0.25, 0.3) is 11.8 Å². The zero-order valence-electron chi connectivity index (χ0n) is 25.9. The third-order valence-corrected chi connectivity index (χ3v) is 10.2. The van der Waals surface area contributed by atoms with E-state index < -0.39 is 23.8 Å². The number of nitrogens with one attached hydrogen (secondary N) is 2. The van der Waals surface area contributed by atoms with Crippen LogP contribution in [0.4, 0.5) is 11.5 Å². The van der Waals surface area contributed by atoms with Crippen LogP contribution in [0.1, 0.15) is 76.9 Å². The number of carbonyl (C=O) groups excluding carboxylic acids is 4. The Balaban J connectivity index is 0.906. The first-order valence-corrected chi connectivity index (χ1v) is 16.4. The monoisotopic (exact) mass is 622 g/mol. The van der Waals surface area contributed by atoms with Gasteiger partial charge in [-0.1, -0.05) is 6.07 Å². The number of imide groups is 2. The van der Waals surface area contributed by atoms with Crippen molar-refractivity contribution in [2.75, 3.05) is 50.0 Å². The third kappa shape index (κ3) is 5.24. The molecule has 2 saturated carbocycles. The summed E-state index contributed by atoms with van der Waals surface area (Å²) in [6, 6.07) is 10.9. The van der Waals surface area contributed by atoms with Gasteiger partial charge >= 0.3 is 0 Å². The van der Waals surface area contributed by atoms with Crippen LogP contribution in [-0.4, -0.2) is 94.0 Å². The number of carbonyl (C=O) groups is 4. The number of rotatable bonds is 8. The number of nitrogens with zero attached hydrogens (tertiary/aromatic N) is 6. The maximum Gasteiger partial charge on any atom is 0.262 e. The number of fused-ring (bicyclic) bond motifs is 1. The highest BCUT2D eigenvalue weighted by Crippen LogP contribution is 2.46. The molecule has 12 nitrogen and oxygen atoms in total. The van der Waals surface area contributed by atoms with Gasteiger partial charge in [-0.05, 0) is 75.4 Å². The summed E-state index contributed by atoms with van der Waals surface area (Å²) in [7, 11) is 2.16. The van der Waals surface area contributed by atoms with Gasteiger partial charge in [0.05, 0.1) is 28.6 Å². The number of hydrogen-bond donors (Lipinski definition) is 2. The third-order valence-electron chi connectivity index (χ3n) is 10.2. The second-order valence-corrected chi connectivity index (χ2v) is 13.4. The summed E-state index contributed by atoms with van der Waals surface area (Å²) in [5.41, 5.74) is 4.67. The minimum Gasteiger partial charge on any atom is -0.385 e. The molecule has 3 aliphatic heterocycles. The Morgan fingerprint density at radius 3 is 2.46 bits per heavy atom. The van der Waals surface area contributed by atoms with E-state index in [0.29, 0.717) is 17.9 Å². The molecule has 1 unspecified atom stereocenters. The molecule has 3 aromatic rings. The van der Waals surface area contributed by atoms with Crippen molar-refractivity contribution in [1.29, 1.82) is 0 Å². The first-order valence-electron chi connectivity index (χ1n) is 16.4. The van der Waals surface area contributed by atoms with Crippen molar-refractivity contribution in [2.45, 2.75) is 56.5 Å². The van der Waals surface area contributed by atoms with E-state index in [9.17, 15) is 19.2 Å². The molecule has 5 heterocycles. The lowest BCUT2D eigenvalue weighted by Gasteiger charge is -2.35. The summed E-state index contributed by atoms with van der Waals surface area (Å²) < 4.78 is 2.16. The molecule has 238 valence electrons. The first kappa shape index (κ1) is 28.9. The number of amides is 4. The Morgan fingerprint density at radius 2 is 1.70 bits per heavy atom. The van der Waals surface area contributed by atoms with E-state index in [1.807, 2.05) is 0 Å². The molecule has 1 aromatic carbocycles. The molecule has 2 aliphatic carbocycles. The number of hydrogen-bond acceptors (Lipinski definition) is 9. The lowest BCUT2D eigenvalue weighted by Crippen LogP contribution is -2.54. The fraction of sp³-hybridized carbons (Fsp3) is 0.471. The van der Waals surface area contributed by atoms with Crippen LogP contribution in [0, 0.1) is 5.92 Å². The summed E-state index contributed by atoms with van der Waals surface area (Å²) in [5.74, 6) is 0.0281. The number of likely N-dealkylation sites (N-methyl/N-ethyl adjacent to an activating group) is 1. The van der Waals surface area contributed by atoms with E-state index in [2.05, 4.69) is 56.6 Å². The van der Waals surface area contributed by atoms with Gasteiger partial charge in [-0.2, -0.15) is 5.10 Å². The van der Waals surface area contributed by atoms with Crippen molar-refractivity contribution in [3.05, 3.63) is 59.4 Å². The molecule has 2 aromatic heterocycles. The minimum absolute atomic E-state index is 0.0989. The minimum atomic E-state index is -0.965. The quantitative estimate of drug-likeness (QED) is 0.364. The van der Waals surface area contributed by atoms with Crippen LogP contribution in [0.3, 0.4) is 0 Å². The van der Waals surface area contributed by atoms with Crippen molar-refractivity contribution in [3.8, 4) is 11.3 Å². The molecule has 8 rings (SSSR count). The van der Waals surface area contributed by atoms with Crippen molar-refractivity contribution in [2.24, 2.45) is 5.92 Å². The SMILES string of the molecule is CN1CCN(c2cccc(-c3cn([C@H]4C[C@H](CNc5ccc6c(c5)C(=O)N(C5CCC(=O)NC5=O)C6=O)C4)nc3C3CC3)n2)CC1. The number of benzene rings is 1. The number of anilines is 2. The Kier molecular flexibility index (Phi) is 7.12. The first-order chi connectivity index (χ1) is 22.3. The number of piperazine rings is 1. The predicted octanol–water partition coefficient (Wildman–Crippen LogP) is 3.04. The molecular weight excluding hydrogens is 584 g/mol. The normalized spacial score (nSPS) is 25.0. The Labute approximate surface area is 267 Å². The van der Waals surface area contributed by atoms with Gasteiger partial charge in [0.1, 0.15) is 11.9 Å². The van der Waals surface area contributed by atoms with Crippen LogP contribution in [0.2, 0.25) is 0 Å². The Morgan fingerprint density at radius 1 is 0.913 bits per heavy atom. The van der Waals surface area contributed by atoms with Crippen LogP contribution in [0.25, 0.3) is 11.3 Å². The zero-order valence-corrected chi connectivity index (χ0v) is 25.9. The molecule has 2 saturated heterocycles. The molecule has 12 heteroatoms. The molecular formula is C34H38N8O4. The highest BCUT2D eigenvalue weighted by molar-refractivity contribution is 6.23. The van der Waals surface area contributed by atoms with Gasteiger partial charge in [-0.3, -0.25) is 34.1 Å². The van der Waals surface area contributed by atoms with Crippen molar-refractivity contribution < 1.29 is 19.2 Å². The average molecular weight is 623 g/mol. The number of piperidine rings is 1. The topological polar surface area (TPSA) is 133 Å². The Bertz CT molecular complexity index is 1730. The van der Waals surface area contributed by atoms with E-state index >= 15 is 0 Å². The highest BCUT2D eigenvalue weighted by Gasteiger charge is 2.44. The second-order valence-electron chi connectivity index (χ2n) is 13.4. The van der Waals surface area contributed by atoms with Crippen molar-refractivity contribution >= 4 is 35.1 Å². The van der Waals surface area contributed by atoms with Gasteiger partial charge in [0.15, 0.2) is 0 Å². The predicted molar refractivity (Wildman–Crippen MR) is 171 cm³/mol. The zero-order chi connectivity index (χ0) is 31.5. The van der Waals surface area contributed by atoms with E-state index in [1.54, 1.807) is 18.2 Å². The summed E-state index contributed by atoms with van der Waals surface area (Å²) in [4.78, 5) is 60.9. The van der Waals surface area contributed by atoms with Gasteiger partial charge in [-0.25, -0.2) is 4.98 Å². The summed E-state index contributed by atoms with van der Waals surface area (Å²) in [6.45, 7) is 4.80. The van der Waals surface area contributed by atoms with E-state index in [1.165, 1.54) is 18.5 Å². The lowest BCUT2D eigenvalue weighted by molar-refractivity contribution is -0.136. The maximum absolute atomic E-state index is 13.2. The van der Waals surface area contributed by atoms with E-state index in [0.717, 1.165) is 73.2 Å². The Hall–Kier alpha value is -4.58. The molecule has 1 atom stereocenters. The van der Waals surface area contributed by atoms with Crippen LogP contribution < -0.4 is 15.5 Å². The molecule has 2 N–H and O–H groups in total. The molecule has 0 spiro atoms. The van der Waals surface area contributed by atoms with Gasteiger partial charge in [-0.15, -0.1) is 0 Å². The highest BCUT2D eigenvalue weighted by atomic mass is 16.2. The van der Waals surface area contributed by atoms with Gasteiger partial charge < -0.3 is 15.1 Å². The van der Waals surface area contributed by atoms with Crippen molar-refractivity contribution in [3.63, 3.8) is 0 Å². The number of pyridine rings is 1. The van der Waals surface area contributed by atoms with Crippen LogP contribution >= 0.6 is 0 Å². The van der Waals surface area contributed by atoms with Crippen LogP contribution in [0.5, 0.6) is 0 Å². The standard InChI is InChI=1S/C34H38N8O4/c1-39-11-13-40(14-12-39)29-4-2-3-27(36-29)26-19-41(38-31(26)21-5-6-21)23-15-20(16-23)18-35-22-7-8-24-25(17-22)34(46)42(33(24)45)28-9-10-30(43)37-32(28)44/h2-4,7-8,17,19-21,23,28,35H,5-6,9-16,18H2,1H3,(H,37,43,44)/t20-,23-,28?. The molecule has 0 bridgehead atoms. The maximum atomic E-state index is 13.2.